The fourth-order valence-electron chi connectivity index (χ4n) is 3.52. The summed E-state index contributed by atoms with van der Waals surface area (Å²) in [7, 11) is 0. The summed E-state index contributed by atoms with van der Waals surface area (Å²) in [4.78, 5) is 15.7. The quantitative estimate of drug-likeness (QED) is 0.555. The van der Waals surface area contributed by atoms with Crippen molar-refractivity contribution in [3.05, 3.63) is 59.6 Å². The summed E-state index contributed by atoms with van der Waals surface area (Å²) in [6.07, 6.45) is 1.70. The molecule has 146 valence electrons. The maximum absolute atomic E-state index is 10.4. The van der Waals surface area contributed by atoms with Crippen LogP contribution in [0.3, 0.4) is 0 Å². The van der Waals surface area contributed by atoms with Crippen LogP contribution in [-0.2, 0) is 11.3 Å². The first-order valence-electron chi connectivity index (χ1n) is 9.57. The minimum Gasteiger partial charge on any atom is -0.492 e. The van der Waals surface area contributed by atoms with E-state index in [2.05, 4.69) is 39.1 Å². The second kappa shape index (κ2) is 7.87. The lowest BCUT2D eigenvalue weighted by Crippen LogP contribution is -2.35. The lowest BCUT2D eigenvalue weighted by atomic mass is 10.1. The van der Waals surface area contributed by atoms with Crippen molar-refractivity contribution in [2.75, 3.05) is 26.3 Å². The van der Waals surface area contributed by atoms with Gasteiger partial charge in [0.25, 0.3) is 0 Å². The molecule has 0 saturated carbocycles. The minimum atomic E-state index is -0.00385. The number of hydrogen-bond donors (Lipinski definition) is 1. The molecule has 1 aliphatic rings. The molecule has 0 spiro atoms. The number of aromatic nitrogens is 3. The van der Waals surface area contributed by atoms with E-state index in [9.17, 15) is 5.11 Å². The van der Waals surface area contributed by atoms with Gasteiger partial charge in [0.15, 0.2) is 5.82 Å². The average molecular weight is 404 g/mol. The molecule has 1 N–H and O–H groups in total. The zero-order valence-electron chi connectivity index (χ0n) is 15.8. The predicted octanol–water partition coefficient (Wildman–Crippen LogP) is 3.96. The van der Waals surface area contributed by atoms with E-state index in [0.29, 0.717) is 16.2 Å². The van der Waals surface area contributed by atoms with Crippen LogP contribution in [-0.4, -0.2) is 51.3 Å². The highest BCUT2D eigenvalue weighted by Gasteiger charge is 2.16. The fourth-order valence-corrected chi connectivity index (χ4v) is 4.43. The molecule has 0 unspecified atom stereocenters. The van der Waals surface area contributed by atoms with Crippen LogP contribution in [0.2, 0.25) is 0 Å². The molecule has 0 atom stereocenters. The van der Waals surface area contributed by atoms with E-state index in [1.54, 1.807) is 6.20 Å². The second-order valence-corrected chi connectivity index (χ2v) is 7.88. The van der Waals surface area contributed by atoms with Crippen LogP contribution in [0.15, 0.2) is 54.0 Å². The van der Waals surface area contributed by atoms with Crippen LogP contribution >= 0.6 is 11.3 Å². The van der Waals surface area contributed by atoms with E-state index in [1.165, 1.54) is 16.9 Å². The summed E-state index contributed by atoms with van der Waals surface area (Å²) in [5, 5.41) is 12.4. The van der Waals surface area contributed by atoms with Gasteiger partial charge in [-0.1, -0.05) is 30.3 Å². The Morgan fingerprint density at radius 1 is 1.03 bits per heavy atom. The molecule has 7 heteroatoms. The van der Waals surface area contributed by atoms with E-state index in [0.717, 1.165) is 49.5 Å². The summed E-state index contributed by atoms with van der Waals surface area (Å²) in [5.41, 5.74) is 4.75. The lowest BCUT2D eigenvalue weighted by molar-refractivity contribution is 0.0342. The van der Waals surface area contributed by atoms with Gasteiger partial charge in [0.2, 0.25) is 5.88 Å². The maximum atomic E-state index is 10.4. The van der Waals surface area contributed by atoms with Gasteiger partial charge < -0.3 is 9.84 Å². The minimum absolute atomic E-state index is 0.00385. The van der Waals surface area contributed by atoms with Crippen molar-refractivity contribution >= 4 is 21.6 Å². The Balaban J connectivity index is 1.47. The number of morpholine rings is 1. The average Bonchev–Trinajstić information content (AvgIpc) is 3.20. The number of pyridine rings is 1. The first-order chi connectivity index (χ1) is 14.3. The summed E-state index contributed by atoms with van der Waals surface area (Å²) >= 11 is 1.45. The van der Waals surface area contributed by atoms with Gasteiger partial charge in [-0.05, 0) is 23.3 Å². The van der Waals surface area contributed by atoms with E-state index in [4.69, 9.17) is 9.72 Å². The fraction of sp³-hybridized carbons (Fsp3) is 0.227. The number of hydrogen-bond acceptors (Lipinski definition) is 7. The third-order valence-corrected chi connectivity index (χ3v) is 6.03. The molecule has 0 aliphatic carbocycles. The number of aromatic hydroxyl groups is 1. The second-order valence-electron chi connectivity index (χ2n) is 7.00. The Labute approximate surface area is 172 Å². The summed E-state index contributed by atoms with van der Waals surface area (Å²) in [6, 6.07) is 14.1. The summed E-state index contributed by atoms with van der Waals surface area (Å²) in [6.45, 7) is 4.50. The first-order valence-corrected chi connectivity index (χ1v) is 10.4. The monoisotopic (exact) mass is 404 g/mol. The third-order valence-electron chi connectivity index (χ3n) is 5.07. The highest BCUT2D eigenvalue weighted by molar-refractivity contribution is 7.18. The van der Waals surface area contributed by atoms with Gasteiger partial charge in [-0.3, -0.25) is 9.88 Å². The molecule has 1 fully saturated rings. The van der Waals surface area contributed by atoms with Crippen LogP contribution in [0.1, 0.15) is 5.56 Å². The van der Waals surface area contributed by atoms with Crippen LogP contribution in [0, 0.1) is 0 Å². The predicted molar refractivity (Wildman–Crippen MR) is 114 cm³/mol. The molecule has 1 aliphatic heterocycles. The van der Waals surface area contributed by atoms with Gasteiger partial charge in [-0.25, -0.2) is 4.98 Å². The standard InChI is InChI=1S/C22H20N4O2S/c27-22-20-19(24-21(25-22)18-3-1-2-8-23-18)17(14-29-20)16-6-4-15(5-7-16)13-26-9-11-28-12-10-26/h1-8,14H,9-13H2,(H,24,25,27). The molecule has 0 bridgehead atoms. The SMILES string of the molecule is Oc1nc(-c2ccccn2)nc2c(-c3ccc(CN4CCOCC4)cc3)csc12. The molecule has 5 rings (SSSR count). The number of nitrogens with zero attached hydrogens (tertiary/aromatic N) is 4. The summed E-state index contributed by atoms with van der Waals surface area (Å²) in [5.74, 6) is 0.426. The van der Waals surface area contributed by atoms with Crippen molar-refractivity contribution < 1.29 is 9.84 Å². The highest BCUT2D eigenvalue weighted by Crippen LogP contribution is 2.37. The van der Waals surface area contributed by atoms with E-state index >= 15 is 0 Å². The number of fused-ring (bicyclic) bond motifs is 1. The molecule has 29 heavy (non-hydrogen) atoms. The molecule has 4 heterocycles. The Hall–Kier alpha value is -2.87. The van der Waals surface area contributed by atoms with E-state index in [1.807, 2.05) is 23.6 Å². The largest absolute Gasteiger partial charge is 0.492 e. The number of ether oxygens (including phenoxy) is 1. The Kier molecular flexibility index (Phi) is 4.93. The van der Waals surface area contributed by atoms with Gasteiger partial charge in [0, 0.05) is 36.8 Å². The molecule has 1 saturated heterocycles. The summed E-state index contributed by atoms with van der Waals surface area (Å²) < 4.78 is 6.11. The van der Waals surface area contributed by atoms with Crippen LogP contribution in [0.5, 0.6) is 5.88 Å². The Morgan fingerprint density at radius 2 is 1.86 bits per heavy atom. The molecule has 1 aromatic carbocycles. The van der Waals surface area contributed by atoms with Gasteiger partial charge >= 0.3 is 0 Å². The van der Waals surface area contributed by atoms with Gasteiger partial charge in [-0.2, -0.15) is 4.98 Å². The van der Waals surface area contributed by atoms with Crippen LogP contribution in [0.25, 0.3) is 32.9 Å². The number of rotatable bonds is 4. The smallest absolute Gasteiger partial charge is 0.233 e. The normalized spacial score (nSPS) is 15.0. The van der Waals surface area contributed by atoms with E-state index < -0.39 is 0 Å². The molecule has 3 aromatic heterocycles. The molecule has 0 radical (unpaired) electrons. The van der Waals surface area contributed by atoms with Crippen molar-refractivity contribution in [2.24, 2.45) is 0 Å². The van der Waals surface area contributed by atoms with Crippen molar-refractivity contribution in [1.29, 1.82) is 0 Å². The molecule has 0 amide bonds. The third kappa shape index (κ3) is 3.72. The zero-order chi connectivity index (χ0) is 19.6. The zero-order valence-corrected chi connectivity index (χ0v) is 16.6. The Morgan fingerprint density at radius 3 is 2.62 bits per heavy atom. The Bertz CT molecular complexity index is 1120. The van der Waals surface area contributed by atoms with Crippen molar-refractivity contribution in [1.82, 2.24) is 19.9 Å². The van der Waals surface area contributed by atoms with Crippen LogP contribution < -0.4 is 0 Å². The molecule has 4 aromatic rings. The molecular formula is C22H20N4O2S. The van der Waals surface area contributed by atoms with Crippen LogP contribution in [0.4, 0.5) is 0 Å². The van der Waals surface area contributed by atoms with Gasteiger partial charge in [0.05, 0.1) is 18.7 Å². The molecule has 6 nitrogen and oxygen atoms in total. The number of benzene rings is 1. The van der Waals surface area contributed by atoms with Crippen molar-refractivity contribution in [3.63, 3.8) is 0 Å². The number of thiophene rings is 1. The van der Waals surface area contributed by atoms with Gasteiger partial charge in [0.1, 0.15) is 10.4 Å². The first kappa shape index (κ1) is 18.2. The topological polar surface area (TPSA) is 71.4 Å². The lowest BCUT2D eigenvalue weighted by Gasteiger charge is -2.26. The highest BCUT2D eigenvalue weighted by atomic mass is 32.1. The van der Waals surface area contributed by atoms with Crippen molar-refractivity contribution in [2.45, 2.75) is 6.54 Å². The van der Waals surface area contributed by atoms with Gasteiger partial charge in [-0.15, -0.1) is 11.3 Å². The maximum Gasteiger partial charge on any atom is 0.233 e. The van der Waals surface area contributed by atoms with Crippen molar-refractivity contribution in [3.8, 4) is 28.5 Å². The van der Waals surface area contributed by atoms with E-state index in [-0.39, 0.29) is 5.88 Å². The molecular weight excluding hydrogens is 384 g/mol.